The summed E-state index contributed by atoms with van der Waals surface area (Å²) < 4.78 is 5.21. The molecule has 17 heavy (non-hydrogen) atoms. The molecule has 0 fully saturated rings. The molecule has 1 aromatic carbocycles. The van der Waals surface area contributed by atoms with Gasteiger partial charge in [-0.15, -0.1) is 0 Å². The monoisotopic (exact) mass is 232 g/mol. The molecule has 1 atom stereocenters. The molecule has 2 rings (SSSR count). The molecule has 0 amide bonds. The number of carbonyl (C=O) groups is 1. The summed E-state index contributed by atoms with van der Waals surface area (Å²) in [5.74, 6) is 1.15. The van der Waals surface area contributed by atoms with Crippen LogP contribution >= 0.6 is 0 Å². The van der Waals surface area contributed by atoms with Crippen LogP contribution in [0.5, 0.6) is 5.75 Å². The van der Waals surface area contributed by atoms with E-state index in [1.165, 1.54) is 0 Å². The van der Waals surface area contributed by atoms with Crippen LogP contribution < -0.4 is 4.74 Å². The lowest BCUT2D eigenvalue weighted by Gasteiger charge is -2.21. The summed E-state index contributed by atoms with van der Waals surface area (Å²) in [6.45, 7) is 4.26. The van der Waals surface area contributed by atoms with Gasteiger partial charge in [-0.3, -0.25) is 4.79 Å². The maximum Gasteiger partial charge on any atom is 0.169 e. The Kier molecular flexibility index (Phi) is 3.23. The number of benzene rings is 1. The largest absolute Gasteiger partial charge is 0.497 e. The number of ether oxygens (including phenoxy) is 1. The van der Waals surface area contributed by atoms with E-state index in [-0.39, 0.29) is 5.41 Å². The van der Waals surface area contributed by atoms with Gasteiger partial charge in [-0.1, -0.05) is 26.7 Å². The number of hydrogen-bond donors (Lipinski definition) is 0. The van der Waals surface area contributed by atoms with Crippen LogP contribution in [0.3, 0.4) is 0 Å². The molecule has 0 heterocycles. The van der Waals surface area contributed by atoms with Crippen LogP contribution in [0, 0.1) is 5.41 Å². The molecule has 1 aliphatic carbocycles. The van der Waals surface area contributed by atoms with E-state index in [9.17, 15) is 4.79 Å². The maximum absolute atomic E-state index is 12.4. The Hall–Kier alpha value is -1.31. The zero-order chi connectivity index (χ0) is 12.5. The Morgan fingerprint density at radius 3 is 2.82 bits per heavy atom. The van der Waals surface area contributed by atoms with E-state index in [4.69, 9.17) is 4.74 Å². The van der Waals surface area contributed by atoms with Crippen molar-refractivity contribution in [3.8, 4) is 5.75 Å². The van der Waals surface area contributed by atoms with Crippen molar-refractivity contribution in [1.29, 1.82) is 0 Å². The SMILES string of the molecule is CCCCC1(C)Cc2cc(OC)ccc2C1=O. The van der Waals surface area contributed by atoms with Crippen LogP contribution in [0.2, 0.25) is 0 Å². The van der Waals surface area contributed by atoms with Crippen LogP contribution in [-0.2, 0) is 6.42 Å². The number of fused-ring (bicyclic) bond motifs is 1. The average molecular weight is 232 g/mol. The average Bonchev–Trinajstić information content (AvgIpc) is 2.59. The van der Waals surface area contributed by atoms with E-state index < -0.39 is 0 Å². The van der Waals surface area contributed by atoms with Crippen LogP contribution in [0.15, 0.2) is 18.2 Å². The topological polar surface area (TPSA) is 26.3 Å². The lowest BCUT2D eigenvalue weighted by molar-refractivity contribution is 0.0827. The third kappa shape index (κ3) is 2.08. The Balaban J connectivity index is 2.28. The Morgan fingerprint density at radius 2 is 2.18 bits per heavy atom. The highest BCUT2D eigenvalue weighted by Crippen LogP contribution is 2.41. The third-order valence-electron chi connectivity index (χ3n) is 3.77. The highest BCUT2D eigenvalue weighted by atomic mass is 16.5. The minimum atomic E-state index is -0.190. The van der Waals surface area contributed by atoms with Gasteiger partial charge >= 0.3 is 0 Å². The van der Waals surface area contributed by atoms with Crippen molar-refractivity contribution in [1.82, 2.24) is 0 Å². The van der Waals surface area contributed by atoms with Crippen molar-refractivity contribution in [2.24, 2.45) is 5.41 Å². The number of rotatable bonds is 4. The molecule has 0 aromatic heterocycles. The molecular formula is C15H20O2. The smallest absolute Gasteiger partial charge is 0.169 e. The molecule has 0 aliphatic heterocycles. The Labute approximate surface area is 103 Å². The second kappa shape index (κ2) is 4.52. The summed E-state index contributed by atoms with van der Waals surface area (Å²) in [5.41, 5.74) is 1.85. The Bertz CT molecular complexity index is 437. The number of carbonyl (C=O) groups excluding carboxylic acids is 1. The molecule has 2 heteroatoms. The molecule has 0 radical (unpaired) electrons. The predicted octanol–water partition coefficient (Wildman–Crippen LogP) is 3.63. The van der Waals surface area contributed by atoms with Gasteiger partial charge in [0.25, 0.3) is 0 Å². The van der Waals surface area contributed by atoms with E-state index in [2.05, 4.69) is 13.8 Å². The molecular weight excluding hydrogens is 212 g/mol. The lowest BCUT2D eigenvalue weighted by Crippen LogP contribution is -2.23. The Morgan fingerprint density at radius 1 is 1.41 bits per heavy atom. The van der Waals surface area contributed by atoms with Crippen molar-refractivity contribution in [3.05, 3.63) is 29.3 Å². The summed E-state index contributed by atoms with van der Waals surface area (Å²) in [7, 11) is 1.66. The highest BCUT2D eigenvalue weighted by molar-refractivity contribution is 6.04. The number of hydrogen-bond acceptors (Lipinski definition) is 2. The van der Waals surface area contributed by atoms with Gasteiger partial charge in [0.05, 0.1) is 7.11 Å². The molecule has 1 unspecified atom stereocenters. The quantitative estimate of drug-likeness (QED) is 0.792. The summed E-state index contributed by atoms with van der Waals surface area (Å²) in [6.07, 6.45) is 4.10. The third-order valence-corrected chi connectivity index (χ3v) is 3.77. The van der Waals surface area contributed by atoms with Crippen molar-refractivity contribution >= 4 is 5.78 Å². The molecule has 0 spiro atoms. The van der Waals surface area contributed by atoms with E-state index in [0.717, 1.165) is 42.6 Å². The van der Waals surface area contributed by atoms with Gasteiger partial charge in [0.15, 0.2) is 5.78 Å². The predicted molar refractivity (Wildman–Crippen MR) is 68.7 cm³/mol. The lowest BCUT2D eigenvalue weighted by atomic mass is 9.81. The van der Waals surface area contributed by atoms with Gasteiger partial charge in [-0.05, 0) is 36.6 Å². The van der Waals surface area contributed by atoms with E-state index in [1.807, 2.05) is 18.2 Å². The molecule has 92 valence electrons. The fraction of sp³-hybridized carbons (Fsp3) is 0.533. The van der Waals surface area contributed by atoms with Gasteiger partial charge in [-0.25, -0.2) is 0 Å². The number of methoxy groups -OCH3 is 1. The van der Waals surface area contributed by atoms with Gasteiger partial charge in [0, 0.05) is 11.0 Å². The molecule has 0 saturated carbocycles. The van der Waals surface area contributed by atoms with Crippen molar-refractivity contribution in [3.63, 3.8) is 0 Å². The maximum atomic E-state index is 12.4. The standard InChI is InChI=1S/C15H20O2/c1-4-5-8-15(2)10-11-9-12(17-3)6-7-13(11)14(15)16/h6-7,9H,4-5,8,10H2,1-3H3. The molecule has 2 nitrogen and oxygen atoms in total. The molecule has 1 aromatic rings. The van der Waals surface area contributed by atoms with Crippen molar-refractivity contribution in [2.45, 2.75) is 39.5 Å². The summed E-state index contributed by atoms with van der Waals surface area (Å²) in [5, 5.41) is 0. The first-order valence-corrected chi connectivity index (χ1v) is 6.32. The van der Waals surface area contributed by atoms with E-state index in [1.54, 1.807) is 7.11 Å². The summed E-state index contributed by atoms with van der Waals surface area (Å²) in [4.78, 5) is 12.4. The van der Waals surface area contributed by atoms with E-state index >= 15 is 0 Å². The molecule has 1 aliphatic rings. The van der Waals surface area contributed by atoms with Gasteiger partial charge in [0.2, 0.25) is 0 Å². The van der Waals surface area contributed by atoms with Crippen molar-refractivity contribution in [2.75, 3.05) is 7.11 Å². The summed E-state index contributed by atoms with van der Waals surface area (Å²) in [6, 6.07) is 5.79. The zero-order valence-electron chi connectivity index (χ0n) is 10.9. The number of Topliss-reactive ketones (excluding diaryl/α,β-unsaturated/α-hetero) is 1. The van der Waals surface area contributed by atoms with Gasteiger partial charge in [0.1, 0.15) is 5.75 Å². The molecule has 0 N–H and O–H groups in total. The minimum absolute atomic E-state index is 0.190. The van der Waals surface area contributed by atoms with Crippen LogP contribution in [0.25, 0.3) is 0 Å². The summed E-state index contributed by atoms with van der Waals surface area (Å²) >= 11 is 0. The van der Waals surface area contributed by atoms with Crippen LogP contribution in [-0.4, -0.2) is 12.9 Å². The number of unbranched alkanes of at least 4 members (excludes halogenated alkanes) is 1. The van der Waals surface area contributed by atoms with Gasteiger partial charge in [-0.2, -0.15) is 0 Å². The minimum Gasteiger partial charge on any atom is -0.497 e. The molecule has 0 saturated heterocycles. The second-order valence-corrected chi connectivity index (χ2v) is 5.19. The first-order valence-electron chi connectivity index (χ1n) is 6.32. The van der Waals surface area contributed by atoms with Crippen LogP contribution in [0.4, 0.5) is 0 Å². The van der Waals surface area contributed by atoms with E-state index in [0.29, 0.717) is 5.78 Å². The number of ketones is 1. The fourth-order valence-corrected chi connectivity index (χ4v) is 2.66. The van der Waals surface area contributed by atoms with Crippen molar-refractivity contribution < 1.29 is 9.53 Å². The van der Waals surface area contributed by atoms with Gasteiger partial charge < -0.3 is 4.74 Å². The first kappa shape index (κ1) is 12.2. The van der Waals surface area contributed by atoms with Crippen LogP contribution in [0.1, 0.15) is 49.0 Å². The first-order chi connectivity index (χ1) is 8.10. The highest BCUT2D eigenvalue weighted by Gasteiger charge is 2.40. The fourth-order valence-electron chi connectivity index (χ4n) is 2.66. The zero-order valence-corrected chi connectivity index (χ0v) is 10.9. The normalized spacial score (nSPS) is 22.6. The second-order valence-electron chi connectivity index (χ2n) is 5.19. The molecule has 0 bridgehead atoms.